The zero-order valence-corrected chi connectivity index (χ0v) is 11.2. The molecule has 1 nitrogen and oxygen atoms in total. The molecule has 2 rings (SSSR count). The maximum Gasteiger partial charge on any atom is 0.0972 e. The van der Waals surface area contributed by atoms with E-state index in [9.17, 15) is 0 Å². The Bertz CT molecular complexity index is 494. The van der Waals surface area contributed by atoms with Crippen molar-refractivity contribution in [2.45, 2.75) is 19.8 Å². The Morgan fingerprint density at radius 1 is 1.31 bits per heavy atom. The third kappa shape index (κ3) is 2.76. The summed E-state index contributed by atoms with van der Waals surface area (Å²) in [5, 5.41) is 4.57. The smallest absolute Gasteiger partial charge is 0.0972 e. The Balaban J connectivity index is 2.20. The third-order valence-corrected chi connectivity index (χ3v) is 3.80. The summed E-state index contributed by atoms with van der Waals surface area (Å²) < 4.78 is 0. The predicted molar refractivity (Wildman–Crippen MR) is 70.8 cm³/mol. The third-order valence-electron chi connectivity index (χ3n) is 2.32. The second-order valence-electron chi connectivity index (χ2n) is 3.50. The van der Waals surface area contributed by atoms with Gasteiger partial charge in [0.15, 0.2) is 0 Å². The number of hydrogen-bond acceptors (Lipinski definition) is 2. The highest BCUT2D eigenvalue weighted by Crippen LogP contribution is 2.24. The molecule has 0 radical (unpaired) electrons. The molecule has 0 fully saturated rings. The molecule has 0 aliphatic heterocycles. The molecule has 0 saturated carbocycles. The highest BCUT2D eigenvalue weighted by molar-refractivity contribution is 7.09. The molecule has 0 N–H and O–H groups in total. The van der Waals surface area contributed by atoms with E-state index in [0.29, 0.717) is 10.0 Å². The Hall–Kier alpha value is -0.570. The van der Waals surface area contributed by atoms with Crippen LogP contribution in [-0.2, 0) is 12.8 Å². The fourth-order valence-corrected chi connectivity index (χ4v) is 2.80. The van der Waals surface area contributed by atoms with Crippen molar-refractivity contribution >= 4 is 34.5 Å². The number of aryl methyl sites for hydroxylation is 1. The summed E-state index contributed by atoms with van der Waals surface area (Å²) >= 11 is 13.6. The fourth-order valence-electron chi connectivity index (χ4n) is 1.42. The van der Waals surface area contributed by atoms with Crippen molar-refractivity contribution in [2.24, 2.45) is 0 Å². The van der Waals surface area contributed by atoms with E-state index in [0.717, 1.165) is 29.1 Å². The van der Waals surface area contributed by atoms with Crippen molar-refractivity contribution in [3.63, 3.8) is 0 Å². The maximum absolute atomic E-state index is 6.11. The van der Waals surface area contributed by atoms with Crippen LogP contribution in [0.5, 0.6) is 0 Å². The monoisotopic (exact) mass is 271 g/mol. The molecule has 0 aliphatic rings. The Morgan fingerprint density at radius 2 is 2.12 bits per heavy atom. The molecule has 0 amide bonds. The summed E-state index contributed by atoms with van der Waals surface area (Å²) in [7, 11) is 0. The van der Waals surface area contributed by atoms with Gasteiger partial charge >= 0.3 is 0 Å². The summed E-state index contributed by atoms with van der Waals surface area (Å²) in [4.78, 5) is 4.51. The lowest BCUT2D eigenvalue weighted by Gasteiger charge is -2.01. The summed E-state index contributed by atoms with van der Waals surface area (Å²) in [5.41, 5.74) is 2.22. The van der Waals surface area contributed by atoms with Gasteiger partial charge in [0.05, 0.1) is 10.7 Å². The minimum Gasteiger partial charge on any atom is -0.246 e. The fraction of sp³-hybridized carbons (Fsp3) is 0.250. The number of thiazole rings is 1. The van der Waals surface area contributed by atoms with Crippen molar-refractivity contribution in [1.29, 1.82) is 0 Å². The van der Waals surface area contributed by atoms with Gasteiger partial charge in [-0.1, -0.05) is 36.2 Å². The molecule has 1 aromatic carbocycles. The van der Waals surface area contributed by atoms with Crippen LogP contribution in [0, 0.1) is 0 Å². The Morgan fingerprint density at radius 3 is 2.75 bits per heavy atom. The van der Waals surface area contributed by atoms with Crippen LogP contribution in [0.25, 0.3) is 0 Å². The molecular weight excluding hydrogens is 261 g/mol. The zero-order valence-electron chi connectivity index (χ0n) is 8.84. The number of hydrogen-bond donors (Lipinski definition) is 0. The van der Waals surface area contributed by atoms with Crippen LogP contribution in [0.4, 0.5) is 0 Å². The summed E-state index contributed by atoms with van der Waals surface area (Å²) in [6.07, 6.45) is 1.76. The molecule has 0 spiro atoms. The maximum atomic E-state index is 6.11. The lowest BCUT2D eigenvalue weighted by molar-refractivity contribution is 1.02. The summed E-state index contributed by atoms with van der Waals surface area (Å²) in [6.45, 7) is 2.11. The van der Waals surface area contributed by atoms with Crippen LogP contribution in [0.1, 0.15) is 23.2 Å². The van der Waals surface area contributed by atoms with E-state index in [4.69, 9.17) is 23.2 Å². The first-order chi connectivity index (χ1) is 7.69. The Kier molecular flexibility index (Phi) is 3.85. The van der Waals surface area contributed by atoms with E-state index < -0.39 is 0 Å². The van der Waals surface area contributed by atoms with Crippen LogP contribution in [0.3, 0.4) is 0 Å². The van der Waals surface area contributed by atoms with Crippen LogP contribution in [-0.4, -0.2) is 4.98 Å². The highest BCUT2D eigenvalue weighted by atomic mass is 35.5. The lowest BCUT2D eigenvalue weighted by atomic mass is 10.1. The minimum atomic E-state index is 0.669. The van der Waals surface area contributed by atoms with Crippen LogP contribution in [0.2, 0.25) is 10.0 Å². The topological polar surface area (TPSA) is 12.9 Å². The molecular formula is C12H11Cl2NS. The van der Waals surface area contributed by atoms with Crippen molar-refractivity contribution < 1.29 is 0 Å². The van der Waals surface area contributed by atoms with E-state index >= 15 is 0 Å². The molecule has 2 aromatic rings. The summed E-state index contributed by atoms with van der Waals surface area (Å²) in [5.74, 6) is 0. The van der Waals surface area contributed by atoms with Gasteiger partial charge in [0.25, 0.3) is 0 Å². The molecule has 16 heavy (non-hydrogen) atoms. The predicted octanol–water partition coefficient (Wildman–Crippen LogP) is 4.60. The summed E-state index contributed by atoms with van der Waals surface area (Å²) in [6, 6.07) is 5.58. The molecule has 0 bridgehead atoms. The second kappa shape index (κ2) is 5.17. The van der Waals surface area contributed by atoms with Crippen LogP contribution in [0.15, 0.2) is 23.6 Å². The molecule has 1 heterocycles. The zero-order chi connectivity index (χ0) is 11.5. The number of nitrogens with zero attached hydrogens (tertiary/aromatic N) is 1. The van der Waals surface area contributed by atoms with Crippen molar-refractivity contribution in [3.8, 4) is 0 Å². The molecule has 84 valence electrons. The number of benzene rings is 1. The first-order valence-electron chi connectivity index (χ1n) is 5.06. The minimum absolute atomic E-state index is 0.669. The average Bonchev–Trinajstić information content (AvgIpc) is 2.70. The van der Waals surface area contributed by atoms with E-state index in [2.05, 4.69) is 17.3 Å². The molecule has 0 aliphatic carbocycles. The standard InChI is InChI=1S/C12H11Cl2NS/c1-2-10-7-16-12(15-10)5-8-3-4-9(13)6-11(8)14/h3-4,6-7H,2,5H2,1H3. The van der Waals surface area contributed by atoms with E-state index in [1.165, 1.54) is 0 Å². The van der Waals surface area contributed by atoms with Gasteiger partial charge < -0.3 is 0 Å². The van der Waals surface area contributed by atoms with Gasteiger partial charge in [0.1, 0.15) is 0 Å². The van der Waals surface area contributed by atoms with Gasteiger partial charge in [-0.25, -0.2) is 4.98 Å². The van der Waals surface area contributed by atoms with Gasteiger partial charge in [-0.2, -0.15) is 0 Å². The number of aromatic nitrogens is 1. The molecule has 4 heteroatoms. The quantitative estimate of drug-likeness (QED) is 0.795. The lowest BCUT2D eigenvalue weighted by Crippen LogP contribution is -1.89. The Labute approximate surface area is 109 Å². The number of halogens is 2. The average molecular weight is 272 g/mol. The van der Waals surface area contributed by atoms with E-state index in [1.54, 1.807) is 17.4 Å². The largest absolute Gasteiger partial charge is 0.246 e. The number of rotatable bonds is 3. The first-order valence-corrected chi connectivity index (χ1v) is 6.70. The SMILES string of the molecule is CCc1csc(Cc2ccc(Cl)cc2Cl)n1. The van der Waals surface area contributed by atoms with Gasteiger partial charge in [0, 0.05) is 21.8 Å². The normalized spacial score (nSPS) is 10.7. The van der Waals surface area contributed by atoms with Crippen LogP contribution < -0.4 is 0 Å². The van der Waals surface area contributed by atoms with Gasteiger partial charge in [-0.3, -0.25) is 0 Å². The second-order valence-corrected chi connectivity index (χ2v) is 5.28. The van der Waals surface area contributed by atoms with E-state index in [1.807, 2.05) is 12.1 Å². The van der Waals surface area contributed by atoms with Crippen molar-refractivity contribution in [2.75, 3.05) is 0 Å². The van der Waals surface area contributed by atoms with Gasteiger partial charge in [0.2, 0.25) is 0 Å². The van der Waals surface area contributed by atoms with Gasteiger partial charge in [-0.05, 0) is 24.1 Å². The molecule has 0 atom stereocenters. The molecule has 0 unspecified atom stereocenters. The van der Waals surface area contributed by atoms with E-state index in [-0.39, 0.29) is 0 Å². The van der Waals surface area contributed by atoms with Crippen molar-refractivity contribution in [1.82, 2.24) is 4.98 Å². The molecule has 1 aromatic heterocycles. The first kappa shape index (κ1) is 11.9. The van der Waals surface area contributed by atoms with Crippen LogP contribution >= 0.6 is 34.5 Å². The molecule has 0 saturated heterocycles. The highest BCUT2D eigenvalue weighted by Gasteiger charge is 2.06. The van der Waals surface area contributed by atoms with Gasteiger partial charge in [-0.15, -0.1) is 11.3 Å². The van der Waals surface area contributed by atoms with Crippen molar-refractivity contribution in [3.05, 3.63) is 49.9 Å².